The van der Waals surface area contributed by atoms with Gasteiger partial charge in [-0.05, 0) is 19.4 Å². The van der Waals surface area contributed by atoms with Crippen LogP contribution in [-0.2, 0) is 9.59 Å². The third-order valence-electron chi connectivity index (χ3n) is 3.21. The number of likely N-dealkylation sites (N-methyl/N-ethyl adjacent to an activating group) is 1. The second-order valence-corrected chi connectivity index (χ2v) is 4.73. The molecule has 6 nitrogen and oxygen atoms in total. The van der Waals surface area contributed by atoms with Crippen molar-refractivity contribution in [1.29, 1.82) is 0 Å². The zero-order valence-corrected chi connectivity index (χ0v) is 12.0. The molecule has 6 heteroatoms. The molecule has 1 heterocycles. The van der Waals surface area contributed by atoms with Crippen molar-refractivity contribution in [3.63, 3.8) is 0 Å². The topological polar surface area (TPSA) is 79.6 Å². The Labute approximate surface area is 117 Å². The normalized spacial score (nSPS) is 11.9. The van der Waals surface area contributed by atoms with Crippen LogP contribution in [0.3, 0.4) is 0 Å². The third-order valence-corrected chi connectivity index (χ3v) is 3.21. The first kappa shape index (κ1) is 15.9. The number of pyridine rings is 1. The quantitative estimate of drug-likeness (QED) is 0.844. The number of hydrogen-bond donors (Lipinski definition) is 1. The molecule has 0 spiro atoms. The van der Waals surface area contributed by atoms with Gasteiger partial charge in [0.1, 0.15) is 6.04 Å². The Bertz CT molecular complexity index is 550. The fourth-order valence-corrected chi connectivity index (χ4v) is 1.99. The molecular weight excluding hydrogens is 260 g/mol. The minimum atomic E-state index is -0.953. The molecule has 0 aliphatic rings. The fraction of sp³-hybridized carbons (Fsp3) is 0.500. The number of carboxylic acid groups (broad SMARTS) is 1. The summed E-state index contributed by atoms with van der Waals surface area (Å²) in [5, 5.41) is 8.64. The van der Waals surface area contributed by atoms with Gasteiger partial charge in [0.05, 0.1) is 6.42 Å². The van der Waals surface area contributed by atoms with Crippen molar-refractivity contribution in [1.82, 2.24) is 9.47 Å². The van der Waals surface area contributed by atoms with Crippen molar-refractivity contribution >= 4 is 11.9 Å². The zero-order chi connectivity index (χ0) is 15.3. The van der Waals surface area contributed by atoms with Crippen LogP contribution in [-0.4, -0.2) is 40.0 Å². The van der Waals surface area contributed by atoms with Gasteiger partial charge >= 0.3 is 5.97 Å². The molecule has 110 valence electrons. The first-order chi connectivity index (χ1) is 9.38. The summed E-state index contributed by atoms with van der Waals surface area (Å²) < 4.78 is 1.41. The molecule has 0 radical (unpaired) electrons. The number of aromatic nitrogens is 1. The highest BCUT2D eigenvalue weighted by Crippen LogP contribution is 2.12. The SMILES string of the molecule is CCC(C(=O)N(C)CCC(=O)O)n1cccc(C)c1=O. The third kappa shape index (κ3) is 3.69. The number of aryl methyl sites for hydroxylation is 1. The van der Waals surface area contributed by atoms with E-state index in [1.807, 2.05) is 6.92 Å². The predicted molar refractivity (Wildman–Crippen MR) is 74.7 cm³/mol. The number of carbonyl (C=O) groups is 2. The molecule has 0 saturated carbocycles. The van der Waals surface area contributed by atoms with Gasteiger partial charge in [-0.15, -0.1) is 0 Å². The van der Waals surface area contributed by atoms with E-state index in [0.717, 1.165) is 0 Å². The van der Waals surface area contributed by atoms with E-state index in [0.29, 0.717) is 12.0 Å². The summed E-state index contributed by atoms with van der Waals surface area (Å²) in [7, 11) is 1.55. The molecule has 0 aromatic carbocycles. The van der Waals surface area contributed by atoms with Crippen LogP contribution in [0.1, 0.15) is 31.4 Å². The van der Waals surface area contributed by atoms with Gasteiger partial charge in [0.15, 0.2) is 0 Å². The summed E-state index contributed by atoms with van der Waals surface area (Å²) in [6, 6.07) is 2.83. The summed E-state index contributed by atoms with van der Waals surface area (Å²) in [4.78, 5) is 36.3. The monoisotopic (exact) mass is 280 g/mol. The maximum absolute atomic E-state index is 12.3. The lowest BCUT2D eigenvalue weighted by Crippen LogP contribution is -2.39. The Balaban J connectivity index is 2.95. The molecule has 1 aromatic heterocycles. The van der Waals surface area contributed by atoms with Gasteiger partial charge in [0.2, 0.25) is 5.91 Å². The lowest BCUT2D eigenvalue weighted by molar-refractivity contribution is -0.139. The van der Waals surface area contributed by atoms with Crippen LogP contribution in [0.5, 0.6) is 0 Å². The highest BCUT2D eigenvalue weighted by Gasteiger charge is 2.23. The molecule has 0 fully saturated rings. The first-order valence-corrected chi connectivity index (χ1v) is 6.53. The average molecular weight is 280 g/mol. The minimum absolute atomic E-state index is 0.110. The molecule has 0 saturated heterocycles. The minimum Gasteiger partial charge on any atom is -0.481 e. The van der Waals surface area contributed by atoms with Gasteiger partial charge in [0, 0.05) is 25.4 Å². The van der Waals surface area contributed by atoms with E-state index in [-0.39, 0.29) is 24.4 Å². The number of nitrogens with zero attached hydrogens (tertiary/aromatic N) is 2. The molecule has 1 rings (SSSR count). The molecule has 0 aliphatic carbocycles. The van der Waals surface area contributed by atoms with Crippen LogP contribution in [0.4, 0.5) is 0 Å². The van der Waals surface area contributed by atoms with E-state index in [1.54, 1.807) is 32.3 Å². The van der Waals surface area contributed by atoms with Gasteiger partial charge in [-0.3, -0.25) is 14.4 Å². The van der Waals surface area contributed by atoms with Gasteiger partial charge in [-0.2, -0.15) is 0 Å². The van der Waals surface area contributed by atoms with E-state index in [4.69, 9.17) is 5.11 Å². The average Bonchev–Trinajstić information content (AvgIpc) is 2.41. The van der Waals surface area contributed by atoms with Crippen LogP contribution >= 0.6 is 0 Å². The van der Waals surface area contributed by atoms with Crippen molar-refractivity contribution in [3.8, 4) is 0 Å². The second kappa shape index (κ2) is 6.88. The van der Waals surface area contributed by atoms with E-state index >= 15 is 0 Å². The van der Waals surface area contributed by atoms with Crippen molar-refractivity contribution in [2.75, 3.05) is 13.6 Å². The van der Waals surface area contributed by atoms with Gasteiger partial charge in [-0.25, -0.2) is 0 Å². The van der Waals surface area contributed by atoms with Crippen LogP contribution in [0.2, 0.25) is 0 Å². The van der Waals surface area contributed by atoms with Gasteiger partial charge in [0.25, 0.3) is 5.56 Å². The maximum Gasteiger partial charge on any atom is 0.305 e. The molecule has 0 aliphatic heterocycles. The van der Waals surface area contributed by atoms with Crippen molar-refractivity contribution in [2.24, 2.45) is 0 Å². The molecular formula is C14H20N2O4. The lowest BCUT2D eigenvalue weighted by atomic mass is 10.1. The number of carboxylic acids is 1. The van der Waals surface area contributed by atoms with Crippen LogP contribution in [0.25, 0.3) is 0 Å². The van der Waals surface area contributed by atoms with Gasteiger partial charge in [-0.1, -0.05) is 13.0 Å². The van der Waals surface area contributed by atoms with Crippen molar-refractivity contribution in [3.05, 3.63) is 34.2 Å². The van der Waals surface area contributed by atoms with E-state index in [1.165, 1.54) is 9.47 Å². The largest absolute Gasteiger partial charge is 0.481 e. The van der Waals surface area contributed by atoms with Crippen LogP contribution in [0, 0.1) is 6.92 Å². The standard InChI is InChI=1S/C14H20N2O4/c1-4-11(14(20)15(3)9-7-12(17)18)16-8-5-6-10(2)13(16)19/h5-6,8,11H,4,7,9H2,1-3H3,(H,17,18). The zero-order valence-electron chi connectivity index (χ0n) is 12.0. The molecule has 1 atom stereocenters. The first-order valence-electron chi connectivity index (χ1n) is 6.53. The molecule has 0 bridgehead atoms. The summed E-state index contributed by atoms with van der Waals surface area (Å²) >= 11 is 0. The molecule has 1 aromatic rings. The number of carbonyl (C=O) groups excluding carboxylic acids is 1. The lowest BCUT2D eigenvalue weighted by Gasteiger charge is -2.24. The summed E-state index contributed by atoms with van der Waals surface area (Å²) in [6.07, 6.45) is 1.95. The Morgan fingerprint density at radius 1 is 1.45 bits per heavy atom. The highest BCUT2D eigenvalue weighted by atomic mass is 16.4. The highest BCUT2D eigenvalue weighted by molar-refractivity contribution is 5.80. The van der Waals surface area contributed by atoms with Crippen LogP contribution in [0.15, 0.2) is 23.1 Å². The number of aliphatic carboxylic acids is 1. The van der Waals surface area contributed by atoms with Crippen molar-refractivity contribution in [2.45, 2.75) is 32.7 Å². The molecule has 1 amide bonds. The fourth-order valence-electron chi connectivity index (χ4n) is 1.99. The van der Waals surface area contributed by atoms with Gasteiger partial charge < -0.3 is 14.6 Å². The smallest absolute Gasteiger partial charge is 0.305 e. The Morgan fingerprint density at radius 2 is 2.10 bits per heavy atom. The molecule has 20 heavy (non-hydrogen) atoms. The number of amides is 1. The summed E-state index contributed by atoms with van der Waals surface area (Å²) in [5.41, 5.74) is 0.381. The molecule has 1 unspecified atom stereocenters. The summed E-state index contributed by atoms with van der Waals surface area (Å²) in [5.74, 6) is -1.20. The van der Waals surface area contributed by atoms with E-state index in [9.17, 15) is 14.4 Å². The second-order valence-electron chi connectivity index (χ2n) is 4.73. The Hall–Kier alpha value is -2.11. The number of hydrogen-bond acceptors (Lipinski definition) is 3. The Kier molecular flexibility index (Phi) is 5.49. The number of rotatable bonds is 6. The Morgan fingerprint density at radius 3 is 2.65 bits per heavy atom. The van der Waals surface area contributed by atoms with E-state index < -0.39 is 12.0 Å². The predicted octanol–water partition coefficient (Wildman–Crippen LogP) is 1.04. The van der Waals surface area contributed by atoms with Crippen LogP contribution < -0.4 is 5.56 Å². The molecule has 1 N–H and O–H groups in total. The van der Waals surface area contributed by atoms with E-state index in [2.05, 4.69) is 0 Å². The summed E-state index contributed by atoms with van der Waals surface area (Å²) in [6.45, 7) is 3.65. The maximum atomic E-state index is 12.3. The van der Waals surface area contributed by atoms with Crippen molar-refractivity contribution < 1.29 is 14.7 Å².